The van der Waals surface area contributed by atoms with Crippen molar-refractivity contribution in [1.29, 1.82) is 0 Å². The molecular weight excluding hydrogens is 538 g/mol. The molecule has 0 aromatic heterocycles. The number of hydrogen-bond acceptors (Lipinski definition) is 5. The number of sulfonamides is 1. The van der Waals surface area contributed by atoms with E-state index in [4.69, 9.17) is 4.74 Å². The summed E-state index contributed by atoms with van der Waals surface area (Å²) in [6, 6.07) is 22.8. The Hall–Kier alpha value is -3.85. The van der Waals surface area contributed by atoms with E-state index in [-0.39, 0.29) is 18.9 Å². The van der Waals surface area contributed by atoms with Gasteiger partial charge in [-0.15, -0.1) is 0 Å². The Morgan fingerprint density at radius 3 is 2.10 bits per heavy atom. The van der Waals surface area contributed by atoms with Crippen LogP contribution in [0.4, 0.5) is 5.69 Å². The largest absolute Gasteiger partial charge is 0.494 e. The maximum Gasteiger partial charge on any atom is 0.244 e. The average molecular weight is 580 g/mol. The van der Waals surface area contributed by atoms with Crippen LogP contribution in [0.5, 0.6) is 5.75 Å². The number of nitrogens with zero attached hydrogens (tertiary/aromatic N) is 2. The Bertz CT molecular complexity index is 1420. The van der Waals surface area contributed by atoms with Crippen molar-refractivity contribution >= 4 is 27.5 Å². The van der Waals surface area contributed by atoms with Crippen molar-refractivity contribution in [2.75, 3.05) is 23.7 Å². The number of hydrogen-bond donors (Lipinski definition) is 1. The quantitative estimate of drug-likeness (QED) is 0.335. The molecule has 2 amide bonds. The van der Waals surface area contributed by atoms with Crippen LogP contribution < -0.4 is 14.4 Å². The molecule has 3 rings (SSSR count). The fourth-order valence-electron chi connectivity index (χ4n) is 4.47. The second kappa shape index (κ2) is 13.7. The van der Waals surface area contributed by atoms with E-state index in [0.717, 1.165) is 27.3 Å². The molecule has 3 aromatic rings. The smallest absolute Gasteiger partial charge is 0.244 e. The van der Waals surface area contributed by atoms with Crippen LogP contribution in [-0.2, 0) is 32.6 Å². The zero-order valence-electron chi connectivity index (χ0n) is 24.8. The molecular formula is C32H41N3O5S. The van der Waals surface area contributed by atoms with Crippen molar-refractivity contribution in [2.45, 2.75) is 59.2 Å². The molecule has 0 aliphatic carbocycles. The Morgan fingerprint density at radius 2 is 1.54 bits per heavy atom. The predicted molar refractivity (Wildman–Crippen MR) is 163 cm³/mol. The number of ether oxygens (including phenoxy) is 1. The van der Waals surface area contributed by atoms with Gasteiger partial charge < -0.3 is 15.0 Å². The summed E-state index contributed by atoms with van der Waals surface area (Å²) < 4.78 is 32.4. The summed E-state index contributed by atoms with van der Waals surface area (Å²) >= 11 is 0. The Labute approximate surface area is 244 Å². The summed E-state index contributed by atoms with van der Waals surface area (Å²) in [5.41, 5.74) is 2.51. The summed E-state index contributed by atoms with van der Waals surface area (Å²) in [7, 11) is -3.84. The lowest BCUT2D eigenvalue weighted by molar-refractivity contribution is -0.140. The third-order valence-electron chi connectivity index (χ3n) is 6.49. The van der Waals surface area contributed by atoms with Gasteiger partial charge in [-0.05, 0) is 75.6 Å². The standard InChI is InChI=1S/C32H41N3O5S/c1-7-40-28-19-17-27(18-20-28)35(41(6,38)39)23-30(36)34(22-26-16-12-11-13-24(26)2)29(31(37)33-32(3,4)5)21-25-14-9-8-10-15-25/h8-20,29H,7,21-23H2,1-6H3,(H,33,37). The van der Waals surface area contributed by atoms with Crippen molar-refractivity contribution in [2.24, 2.45) is 0 Å². The molecule has 41 heavy (non-hydrogen) atoms. The van der Waals surface area contributed by atoms with Crippen molar-refractivity contribution < 1.29 is 22.7 Å². The van der Waals surface area contributed by atoms with Gasteiger partial charge in [-0.25, -0.2) is 8.42 Å². The molecule has 0 radical (unpaired) electrons. The molecule has 8 nitrogen and oxygen atoms in total. The first-order chi connectivity index (χ1) is 19.3. The molecule has 0 bridgehead atoms. The molecule has 220 valence electrons. The molecule has 0 aliphatic rings. The first-order valence-electron chi connectivity index (χ1n) is 13.7. The van der Waals surface area contributed by atoms with Gasteiger partial charge >= 0.3 is 0 Å². The summed E-state index contributed by atoms with van der Waals surface area (Å²) in [5.74, 6) is -0.202. The minimum Gasteiger partial charge on any atom is -0.494 e. The first kappa shape index (κ1) is 31.7. The second-order valence-corrected chi connectivity index (χ2v) is 13.0. The van der Waals surface area contributed by atoms with E-state index < -0.39 is 34.1 Å². The second-order valence-electron chi connectivity index (χ2n) is 11.1. The van der Waals surface area contributed by atoms with E-state index in [2.05, 4.69) is 5.32 Å². The molecule has 0 fully saturated rings. The van der Waals surface area contributed by atoms with E-state index in [1.165, 1.54) is 4.90 Å². The summed E-state index contributed by atoms with van der Waals surface area (Å²) in [6.07, 6.45) is 1.33. The topological polar surface area (TPSA) is 96.0 Å². The highest BCUT2D eigenvalue weighted by molar-refractivity contribution is 7.92. The maximum atomic E-state index is 14.2. The molecule has 1 atom stereocenters. The van der Waals surface area contributed by atoms with Crippen LogP contribution >= 0.6 is 0 Å². The fraction of sp³-hybridized carbons (Fsp3) is 0.375. The average Bonchev–Trinajstić information content (AvgIpc) is 2.90. The van der Waals surface area contributed by atoms with Crippen LogP contribution in [0.1, 0.15) is 44.4 Å². The van der Waals surface area contributed by atoms with E-state index in [9.17, 15) is 18.0 Å². The normalized spacial score (nSPS) is 12.3. The van der Waals surface area contributed by atoms with Gasteiger partial charge in [0.2, 0.25) is 21.8 Å². The van der Waals surface area contributed by atoms with Gasteiger partial charge in [0.1, 0.15) is 18.3 Å². The maximum absolute atomic E-state index is 14.2. The van der Waals surface area contributed by atoms with Gasteiger partial charge in [-0.1, -0.05) is 54.6 Å². The summed E-state index contributed by atoms with van der Waals surface area (Å²) in [6.45, 7) is 9.61. The highest BCUT2D eigenvalue weighted by atomic mass is 32.2. The fourth-order valence-corrected chi connectivity index (χ4v) is 5.32. The van der Waals surface area contributed by atoms with Gasteiger partial charge in [-0.2, -0.15) is 0 Å². The number of carbonyl (C=O) groups is 2. The molecule has 9 heteroatoms. The van der Waals surface area contributed by atoms with Crippen LogP contribution in [0.15, 0.2) is 78.9 Å². The summed E-state index contributed by atoms with van der Waals surface area (Å²) in [5, 5.41) is 3.03. The lowest BCUT2D eigenvalue weighted by atomic mass is 10.00. The lowest BCUT2D eigenvalue weighted by Crippen LogP contribution is -2.56. The Balaban J connectivity index is 2.06. The van der Waals surface area contributed by atoms with Gasteiger partial charge in [0, 0.05) is 18.5 Å². The number of aryl methyl sites for hydroxylation is 1. The van der Waals surface area contributed by atoms with Gasteiger partial charge in [0.05, 0.1) is 18.6 Å². The number of amides is 2. The van der Waals surface area contributed by atoms with E-state index in [1.807, 2.05) is 89.2 Å². The van der Waals surface area contributed by atoms with Crippen LogP contribution in [0.2, 0.25) is 0 Å². The van der Waals surface area contributed by atoms with Gasteiger partial charge in [0.25, 0.3) is 0 Å². The van der Waals surface area contributed by atoms with Gasteiger partial charge in [0.15, 0.2) is 0 Å². The van der Waals surface area contributed by atoms with Crippen LogP contribution in [0, 0.1) is 6.92 Å². The number of carbonyl (C=O) groups excluding carboxylic acids is 2. The highest BCUT2D eigenvalue weighted by Gasteiger charge is 2.34. The predicted octanol–water partition coefficient (Wildman–Crippen LogP) is 4.71. The third-order valence-corrected chi connectivity index (χ3v) is 7.63. The van der Waals surface area contributed by atoms with E-state index >= 15 is 0 Å². The molecule has 1 unspecified atom stereocenters. The van der Waals surface area contributed by atoms with Crippen molar-refractivity contribution in [3.63, 3.8) is 0 Å². The van der Waals surface area contributed by atoms with E-state index in [1.54, 1.807) is 24.3 Å². The van der Waals surface area contributed by atoms with Gasteiger partial charge in [-0.3, -0.25) is 13.9 Å². The Kier molecular flexibility index (Phi) is 10.6. The zero-order valence-corrected chi connectivity index (χ0v) is 25.6. The molecule has 0 saturated heterocycles. The Morgan fingerprint density at radius 1 is 0.927 bits per heavy atom. The first-order valence-corrected chi connectivity index (χ1v) is 15.5. The molecule has 0 spiro atoms. The third kappa shape index (κ3) is 9.35. The SMILES string of the molecule is CCOc1ccc(N(CC(=O)N(Cc2ccccc2C)C(Cc2ccccc2)C(=O)NC(C)(C)C)S(C)(=O)=O)cc1. The zero-order chi connectivity index (χ0) is 30.2. The number of anilines is 1. The number of nitrogens with one attached hydrogen (secondary N) is 1. The molecule has 0 aliphatic heterocycles. The number of rotatable bonds is 12. The molecule has 1 N–H and O–H groups in total. The van der Waals surface area contributed by atoms with Crippen molar-refractivity contribution in [3.8, 4) is 5.75 Å². The molecule has 3 aromatic carbocycles. The van der Waals surface area contributed by atoms with Crippen LogP contribution in [0.3, 0.4) is 0 Å². The van der Waals surface area contributed by atoms with Crippen LogP contribution in [0.25, 0.3) is 0 Å². The van der Waals surface area contributed by atoms with Crippen molar-refractivity contribution in [3.05, 3.63) is 95.6 Å². The van der Waals surface area contributed by atoms with Crippen LogP contribution in [-0.4, -0.2) is 56.1 Å². The molecule has 0 heterocycles. The monoisotopic (exact) mass is 579 g/mol. The summed E-state index contributed by atoms with van der Waals surface area (Å²) in [4.78, 5) is 29.5. The minimum atomic E-state index is -3.84. The van der Waals surface area contributed by atoms with E-state index in [0.29, 0.717) is 18.0 Å². The number of benzene rings is 3. The lowest BCUT2D eigenvalue weighted by Gasteiger charge is -2.35. The minimum absolute atomic E-state index is 0.140. The molecule has 0 saturated carbocycles. The van der Waals surface area contributed by atoms with Crippen molar-refractivity contribution in [1.82, 2.24) is 10.2 Å². The highest BCUT2D eigenvalue weighted by Crippen LogP contribution is 2.24.